The van der Waals surface area contributed by atoms with Crippen molar-refractivity contribution in [3.05, 3.63) is 24.2 Å². The van der Waals surface area contributed by atoms with Crippen LogP contribution in [-0.4, -0.2) is 33.0 Å². The van der Waals surface area contributed by atoms with Crippen molar-refractivity contribution < 1.29 is 0 Å². The summed E-state index contributed by atoms with van der Waals surface area (Å²) < 4.78 is 2.31. The number of nitrogens with zero attached hydrogens (tertiary/aromatic N) is 4. The van der Waals surface area contributed by atoms with E-state index >= 15 is 0 Å². The molecule has 0 saturated carbocycles. The molecule has 0 aromatic carbocycles. The van der Waals surface area contributed by atoms with E-state index in [4.69, 9.17) is 4.98 Å². The summed E-state index contributed by atoms with van der Waals surface area (Å²) in [6.07, 6.45) is 5.46. The average Bonchev–Trinajstić information content (AvgIpc) is 2.94. The van der Waals surface area contributed by atoms with E-state index in [-0.39, 0.29) is 0 Å². The Balaban J connectivity index is 2.12. The molecule has 1 aliphatic heterocycles. The third kappa shape index (κ3) is 1.81. The first-order valence-corrected chi connectivity index (χ1v) is 6.82. The molecular weight excluding hydrogens is 224 g/mol. The topological polar surface area (TPSA) is 34.0 Å². The molecule has 2 aromatic heterocycles. The maximum Gasteiger partial charge on any atom is 0.160 e. The number of hydrogen-bond donors (Lipinski definition) is 0. The standard InChI is InChI=1S/C14H20N4/c1-3-9-18-13-11(6-4-8-15-13)16-14(18)12-7-5-10-17(12)2/h4,6,8,12H,3,5,7,9-10H2,1-2H3. The Labute approximate surface area is 108 Å². The highest BCUT2D eigenvalue weighted by atomic mass is 15.2. The predicted octanol–water partition coefficient (Wildman–Crippen LogP) is 2.61. The van der Waals surface area contributed by atoms with E-state index in [0.717, 1.165) is 24.1 Å². The minimum atomic E-state index is 0.464. The van der Waals surface area contributed by atoms with Gasteiger partial charge in [-0.05, 0) is 45.0 Å². The van der Waals surface area contributed by atoms with Crippen LogP contribution in [0.5, 0.6) is 0 Å². The summed E-state index contributed by atoms with van der Waals surface area (Å²) in [6, 6.07) is 4.49. The van der Waals surface area contributed by atoms with E-state index < -0.39 is 0 Å². The van der Waals surface area contributed by atoms with Gasteiger partial charge in [-0.15, -0.1) is 0 Å². The molecule has 0 N–H and O–H groups in total. The van der Waals surface area contributed by atoms with Gasteiger partial charge in [0.15, 0.2) is 5.65 Å². The molecule has 96 valence electrons. The number of fused-ring (bicyclic) bond motifs is 1. The van der Waals surface area contributed by atoms with Crippen molar-refractivity contribution in [3.8, 4) is 0 Å². The second kappa shape index (κ2) is 4.69. The summed E-state index contributed by atoms with van der Waals surface area (Å²) in [4.78, 5) is 11.7. The largest absolute Gasteiger partial charge is 0.311 e. The Morgan fingerprint density at radius 1 is 1.44 bits per heavy atom. The first-order valence-electron chi connectivity index (χ1n) is 6.82. The second-order valence-corrected chi connectivity index (χ2v) is 5.11. The lowest BCUT2D eigenvalue weighted by Crippen LogP contribution is -2.21. The first-order chi connectivity index (χ1) is 8.81. The van der Waals surface area contributed by atoms with Crippen molar-refractivity contribution in [2.45, 2.75) is 38.8 Å². The number of likely N-dealkylation sites (tertiary alicyclic amines) is 1. The van der Waals surface area contributed by atoms with Gasteiger partial charge in [0.25, 0.3) is 0 Å². The van der Waals surface area contributed by atoms with Crippen LogP contribution in [0, 0.1) is 0 Å². The van der Waals surface area contributed by atoms with Gasteiger partial charge in [0.1, 0.15) is 11.3 Å². The fourth-order valence-corrected chi connectivity index (χ4v) is 2.91. The van der Waals surface area contributed by atoms with Gasteiger partial charge in [0, 0.05) is 12.7 Å². The van der Waals surface area contributed by atoms with Crippen LogP contribution in [0.4, 0.5) is 0 Å². The van der Waals surface area contributed by atoms with E-state index in [1.807, 2.05) is 12.3 Å². The maximum atomic E-state index is 4.82. The molecule has 0 spiro atoms. The van der Waals surface area contributed by atoms with Crippen LogP contribution in [0.1, 0.15) is 38.1 Å². The van der Waals surface area contributed by atoms with E-state index in [1.165, 1.54) is 25.2 Å². The minimum Gasteiger partial charge on any atom is -0.311 e. The molecule has 1 fully saturated rings. The maximum absolute atomic E-state index is 4.82. The number of pyridine rings is 1. The van der Waals surface area contributed by atoms with Crippen molar-refractivity contribution in [3.63, 3.8) is 0 Å². The Kier molecular flexibility index (Phi) is 3.04. The van der Waals surface area contributed by atoms with Gasteiger partial charge >= 0.3 is 0 Å². The fraction of sp³-hybridized carbons (Fsp3) is 0.571. The van der Waals surface area contributed by atoms with E-state index in [1.54, 1.807) is 0 Å². The predicted molar refractivity (Wildman–Crippen MR) is 72.4 cm³/mol. The number of aryl methyl sites for hydroxylation is 1. The molecular formula is C14H20N4. The summed E-state index contributed by atoms with van der Waals surface area (Å²) in [5.74, 6) is 1.20. The Morgan fingerprint density at radius 3 is 3.06 bits per heavy atom. The lowest BCUT2D eigenvalue weighted by molar-refractivity contribution is 0.298. The van der Waals surface area contributed by atoms with Crippen LogP contribution < -0.4 is 0 Å². The van der Waals surface area contributed by atoms with Crippen LogP contribution in [0.2, 0.25) is 0 Å². The monoisotopic (exact) mass is 244 g/mol. The van der Waals surface area contributed by atoms with Crippen molar-refractivity contribution in [2.75, 3.05) is 13.6 Å². The number of hydrogen-bond acceptors (Lipinski definition) is 3. The van der Waals surface area contributed by atoms with Crippen LogP contribution in [-0.2, 0) is 6.54 Å². The second-order valence-electron chi connectivity index (χ2n) is 5.11. The smallest absolute Gasteiger partial charge is 0.160 e. The summed E-state index contributed by atoms with van der Waals surface area (Å²) >= 11 is 0. The summed E-state index contributed by atoms with van der Waals surface area (Å²) in [5.41, 5.74) is 2.07. The molecule has 1 saturated heterocycles. The van der Waals surface area contributed by atoms with Crippen molar-refractivity contribution in [1.82, 2.24) is 19.4 Å². The molecule has 0 amide bonds. The molecule has 0 aliphatic carbocycles. The van der Waals surface area contributed by atoms with E-state index in [0.29, 0.717) is 6.04 Å². The molecule has 3 heterocycles. The highest BCUT2D eigenvalue weighted by Gasteiger charge is 2.27. The van der Waals surface area contributed by atoms with Crippen LogP contribution in [0.25, 0.3) is 11.2 Å². The average molecular weight is 244 g/mol. The van der Waals surface area contributed by atoms with E-state index in [2.05, 4.69) is 34.5 Å². The zero-order valence-electron chi connectivity index (χ0n) is 11.1. The van der Waals surface area contributed by atoms with Gasteiger partial charge in [0.05, 0.1) is 6.04 Å². The van der Waals surface area contributed by atoms with Gasteiger partial charge in [-0.3, -0.25) is 4.90 Å². The SMILES string of the molecule is CCCn1c(C2CCCN2C)nc2cccnc21. The highest BCUT2D eigenvalue weighted by molar-refractivity contribution is 5.71. The Hall–Kier alpha value is -1.42. The Morgan fingerprint density at radius 2 is 2.33 bits per heavy atom. The molecule has 0 radical (unpaired) electrons. The van der Waals surface area contributed by atoms with Crippen LogP contribution in [0.15, 0.2) is 18.3 Å². The van der Waals surface area contributed by atoms with Crippen LogP contribution in [0.3, 0.4) is 0 Å². The number of imidazole rings is 1. The fourth-order valence-electron chi connectivity index (χ4n) is 2.91. The third-order valence-electron chi connectivity index (χ3n) is 3.80. The van der Waals surface area contributed by atoms with Gasteiger partial charge in [-0.2, -0.15) is 0 Å². The number of rotatable bonds is 3. The lowest BCUT2D eigenvalue weighted by atomic mass is 10.2. The zero-order valence-corrected chi connectivity index (χ0v) is 11.1. The number of aromatic nitrogens is 3. The Bertz CT molecular complexity index is 546. The van der Waals surface area contributed by atoms with Crippen molar-refractivity contribution in [1.29, 1.82) is 0 Å². The molecule has 18 heavy (non-hydrogen) atoms. The quantitative estimate of drug-likeness (QED) is 0.832. The normalized spacial score (nSPS) is 20.9. The molecule has 1 unspecified atom stereocenters. The van der Waals surface area contributed by atoms with Gasteiger partial charge < -0.3 is 4.57 Å². The van der Waals surface area contributed by atoms with Crippen molar-refractivity contribution >= 4 is 11.2 Å². The summed E-state index contributed by atoms with van der Waals surface area (Å²) in [6.45, 7) is 4.39. The summed E-state index contributed by atoms with van der Waals surface area (Å²) in [5, 5.41) is 0. The van der Waals surface area contributed by atoms with Gasteiger partial charge in [0.2, 0.25) is 0 Å². The van der Waals surface area contributed by atoms with Gasteiger partial charge in [-0.1, -0.05) is 6.92 Å². The molecule has 1 aliphatic rings. The van der Waals surface area contributed by atoms with Gasteiger partial charge in [-0.25, -0.2) is 9.97 Å². The first kappa shape index (κ1) is 11.7. The minimum absolute atomic E-state index is 0.464. The van der Waals surface area contributed by atoms with Crippen LogP contribution >= 0.6 is 0 Å². The zero-order chi connectivity index (χ0) is 12.5. The molecule has 4 heteroatoms. The van der Waals surface area contributed by atoms with Crippen molar-refractivity contribution in [2.24, 2.45) is 0 Å². The van der Waals surface area contributed by atoms with E-state index in [9.17, 15) is 0 Å². The highest BCUT2D eigenvalue weighted by Crippen LogP contribution is 2.31. The molecule has 3 rings (SSSR count). The molecule has 2 aromatic rings. The molecule has 0 bridgehead atoms. The third-order valence-corrected chi connectivity index (χ3v) is 3.80. The molecule has 1 atom stereocenters. The molecule has 4 nitrogen and oxygen atoms in total. The lowest BCUT2D eigenvalue weighted by Gasteiger charge is -2.20. The summed E-state index contributed by atoms with van der Waals surface area (Å²) in [7, 11) is 2.20.